The Balaban J connectivity index is 2.31. The molecule has 100 valence electrons. The Morgan fingerprint density at radius 2 is 2.00 bits per heavy atom. The van der Waals surface area contributed by atoms with Gasteiger partial charge in [0.05, 0.1) is 17.5 Å². The molecule has 0 aliphatic carbocycles. The van der Waals surface area contributed by atoms with Gasteiger partial charge in [-0.05, 0) is 26.7 Å². The first-order valence-electron chi connectivity index (χ1n) is 6.21. The van der Waals surface area contributed by atoms with Gasteiger partial charge in [-0.1, -0.05) is 0 Å². The number of hydrogen-bond donors (Lipinski definition) is 1. The molecule has 1 atom stereocenters. The van der Waals surface area contributed by atoms with Crippen LogP contribution in [0.25, 0.3) is 0 Å². The lowest BCUT2D eigenvalue weighted by Gasteiger charge is -2.19. The predicted octanol–water partition coefficient (Wildman–Crippen LogP) is 0.0216. The molecule has 0 radical (unpaired) electrons. The Labute approximate surface area is 103 Å². The molecule has 1 aliphatic rings. The van der Waals surface area contributed by atoms with E-state index in [9.17, 15) is 13.2 Å². The Bertz CT molecular complexity index is 350. The third kappa shape index (κ3) is 3.96. The normalized spacial score (nSPS) is 22.6. The maximum atomic E-state index is 11.7. The van der Waals surface area contributed by atoms with Gasteiger partial charge in [-0.2, -0.15) is 0 Å². The van der Waals surface area contributed by atoms with E-state index in [1.165, 1.54) is 0 Å². The highest BCUT2D eigenvalue weighted by Gasteiger charge is 2.30. The van der Waals surface area contributed by atoms with E-state index in [-0.39, 0.29) is 17.7 Å². The molecule has 17 heavy (non-hydrogen) atoms. The van der Waals surface area contributed by atoms with Crippen molar-refractivity contribution >= 4 is 15.7 Å². The first-order chi connectivity index (χ1) is 8.01. The Morgan fingerprint density at radius 3 is 2.47 bits per heavy atom. The first-order valence-corrected chi connectivity index (χ1v) is 7.92. The summed E-state index contributed by atoms with van der Waals surface area (Å²) in [4.78, 5) is 13.4. The van der Waals surface area contributed by atoms with Crippen molar-refractivity contribution in [1.29, 1.82) is 0 Å². The molecule has 0 aromatic heterocycles. The van der Waals surface area contributed by atoms with E-state index < -0.39 is 9.84 Å². The zero-order valence-corrected chi connectivity index (χ0v) is 11.4. The van der Waals surface area contributed by atoms with Crippen LogP contribution in [0.4, 0.5) is 0 Å². The fourth-order valence-corrected chi connectivity index (χ4v) is 3.92. The number of hydrogen-bond acceptors (Lipinski definition) is 4. The zero-order valence-electron chi connectivity index (χ0n) is 10.6. The second-order valence-electron chi connectivity index (χ2n) is 4.33. The van der Waals surface area contributed by atoms with E-state index in [0.717, 1.165) is 12.8 Å². The number of carbonyl (C=O) groups excluding carboxylic acids is 1. The third-order valence-electron chi connectivity index (χ3n) is 3.23. The smallest absolute Gasteiger partial charge is 0.236 e. The number of likely N-dealkylation sites (N-methyl/N-ethyl adjacent to an activating group) is 1. The van der Waals surface area contributed by atoms with E-state index in [2.05, 4.69) is 5.32 Å². The lowest BCUT2D eigenvalue weighted by Crippen LogP contribution is -2.40. The summed E-state index contributed by atoms with van der Waals surface area (Å²) in [5, 5.41) is 2.66. The van der Waals surface area contributed by atoms with Gasteiger partial charge >= 0.3 is 0 Å². The fourth-order valence-electron chi connectivity index (χ4n) is 2.12. The quantitative estimate of drug-likeness (QED) is 0.733. The van der Waals surface area contributed by atoms with Crippen molar-refractivity contribution in [2.24, 2.45) is 0 Å². The lowest BCUT2D eigenvalue weighted by molar-refractivity contribution is -0.129. The van der Waals surface area contributed by atoms with Gasteiger partial charge in [-0.25, -0.2) is 8.42 Å². The summed E-state index contributed by atoms with van der Waals surface area (Å²) in [6, 6.07) is 0. The molecule has 1 aliphatic heterocycles. The fraction of sp³-hybridized carbons (Fsp3) is 0.909. The number of amides is 1. The topological polar surface area (TPSA) is 66.5 Å². The maximum Gasteiger partial charge on any atom is 0.236 e. The summed E-state index contributed by atoms with van der Waals surface area (Å²) < 4.78 is 23.1. The number of nitrogens with zero attached hydrogens (tertiary/aromatic N) is 1. The molecule has 1 fully saturated rings. The van der Waals surface area contributed by atoms with Crippen LogP contribution in [-0.2, 0) is 14.6 Å². The Hall–Kier alpha value is -0.620. The summed E-state index contributed by atoms with van der Waals surface area (Å²) in [5.74, 6) is 0.328. The SMILES string of the molecule is CCN(CC)C(=O)CNCC1CCCS1(=O)=O. The molecule has 1 amide bonds. The largest absolute Gasteiger partial charge is 0.342 e. The van der Waals surface area contributed by atoms with Crippen molar-refractivity contribution in [3.05, 3.63) is 0 Å². The van der Waals surface area contributed by atoms with Crippen molar-refractivity contribution < 1.29 is 13.2 Å². The average molecular weight is 262 g/mol. The van der Waals surface area contributed by atoms with Crippen LogP contribution in [0.5, 0.6) is 0 Å². The first kappa shape index (κ1) is 14.4. The van der Waals surface area contributed by atoms with Crippen molar-refractivity contribution in [3.63, 3.8) is 0 Å². The van der Waals surface area contributed by atoms with Gasteiger partial charge in [-0.3, -0.25) is 4.79 Å². The van der Waals surface area contributed by atoms with E-state index in [4.69, 9.17) is 0 Å². The Morgan fingerprint density at radius 1 is 1.35 bits per heavy atom. The molecule has 1 unspecified atom stereocenters. The van der Waals surface area contributed by atoms with E-state index in [1.54, 1.807) is 4.90 Å². The van der Waals surface area contributed by atoms with Crippen molar-refractivity contribution in [2.45, 2.75) is 31.9 Å². The highest BCUT2D eigenvalue weighted by Crippen LogP contribution is 2.18. The van der Waals surface area contributed by atoms with Gasteiger partial charge in [0, 0.05) is 19.6 Å². The number of rotatable bonds is 6. The molecule has 1 heterocycles. The van der Waals surface area contributed by atoms with Crippen LogP contribution in [0.1, 0.15) is 26.7 Å². The van der Waals surface area contributed by atoms with Crippen LogP contribution in [-0.4, -0.2) is 56.4 Å². The lowest BCUT2D eigenvalue weighted by atomic mass is 10.2. The van der Waals surface area contributed by atoms with Crippen LogP contribution >= 0.6 is 0 Å². The van der Waals surface area contributed by atoms with Crippen LogP contribution in [0.15, 0.2) is 0 Å². The minimum absolute atomic E-state index is 0.0328. The zero-order chi connectivity index (χ0) is 12.9. The summed E-state index contributed by atoms with van der Waals surface area (Å²) >= 11 is 0. The van der Waals surface area contributed by atoms with Crippen LogP contribution < -0.4 is 5.32 Å². The summed E-state index contributed by atoms with van der Waals surface area (Å²) in [5.41, 5.74) is 0. The number of carbonyl (C=O) groups is 1. The second-order valence-corrected chi connectivity index (χ2v) is 6.73. The summed E-state index contributed by atoms with van der Waals surface area (Å²) in [6.07, 6.45) is 1.47. The molecular weight excluding hydrogens is 240 g/mol. The molecule has 0 bridgehead atoms. The molecular formula is C11H22N2O3S. The van der Waals surface area contributed by atoms with E-state index in [0.29, 0.717) is 25.4 Å². The second kappa shape index (κ2) is 6.35. The number of sulfone groups is 1. The monoisotopic (exact) mass is 262 g/mol. The van der Waals surface area contributed by atoms with Crippen molar-refractivity contribution in [2.75, 3.05) is 31.9 Å². The molecule has 5 nitrogen and oxygen atoms in total. The third-order valence-corrected chi connectivity index (χ3v) is 5.50. The van der Waals surface area contributed by atoms with E-state index in [1.807, 2.05) is 13.8 Å². The minimum atomic E-state index is -2.90. The summed E-state index contributed by atoms with van der Waals surface area (Å²) in [6.45, 7) is 5.88. The van der Waals surface area contributed by atoms with Gasteiger partial charge < -0.3 is 10.2 Å². The summed E-state index contributed by atoms with van der Waals surface area (Å²) in [7, 11) is -2.90. The molecule has 0 aromatic carbocycles. The average Bonchev–Trinajstić information content (AvgIpc) is 2.60. The van der Waals surface area contributed by atoms with Crippen LogP contribution in [0.3, 0.4) is 0 Å². The highest BCUT2D eigenvalue weighted by molar-refractivity contribution is 7.92. The van der Waals surface area contributed by atoms with Crippen LogP contribution in [0.2, 0.25) is 0 Å². The molecule has 1 N–H and O–H groups in total. The number of nitrogens with one attached hydrogen (secondary N) is 1. The Kier molecular flexibility index (Phi) is 5.39. The minimum Gasteiger partial charge on any atom is -0.342 e. The molecule has 0 aromatic rings. The van der Waals surface area contributed by atoms with Gasteiger partial charge in [0.15, 0.2) is 9.84 Å². The molecule has 1 rings (SSSR count). The van der Waals surface area contributed by atoms with Gasteiger partial charge in [0.1, 0.15) is 0 Å². The molecule has 1 saturated heterocycles. The van der Waals surface area contributed by atoms with E-state index >= 15 is 0 Å². The van der Waals surface area contributed by atoms with Crippen molar-refractivity contribution in [1.82, 2.24) is 10.2 Å². The molecule has 0 saturated carbocycles. The molecule has 0 spiro atoms. The maximum absolute atomic E-state index is 11.7. The highest BCUT2D eigenvalue weighted by atomic mass is 32.2. The van der Waals surface area contributed by atoms with Crippen LogP contribution in [0, 0.1) is 0 Å². The predicted molar refractivity (Wildman–Crippen MR) is 67.6 cm³/mol. The standard InChI is InChI=1S/C11H22N2O3S/c1-3-13(4-2)11(14)9-12-8-10-6-5-7-17(10,15)16/h10,12H,3-9H2,1-2H3. The van der Waals surface area contributed by atoms with Gasteiger partial charge in [-0.15, -0.1) is 0 Å². The molecule has 6 heteroatoms. The van der Waals surface area contributed by atoms with Gasteiger partial charge in [0.25, 0.3) is 0 Å². The van der Waals surface area contributed by atoms with Gasteiger partial charge in [0.2, 0.25) is 5.91 Å². The van der Waals surface area contributed by atoms with Crippen molar-refractivity contribution in [3.8, 4) is 0 Å².